The van der Waals surface area contributed by atoms with Gasteiger partial charge in [0, 0.05) is 17.7 Å². The van der Waals surface area contributed by atoms with E-state index in [4.69, 9.17) is 25.8 Å². The van der Waals surface area contributed by atoms with Crippen LogP contribution in [0.25, 0.3) is 0 Å². The zero-order valence-electron chi connectivity index (χ0n) is 13.2. The number of halogens is 1. The molecule has 6 heteroatoms. The van der Waals surface area contributed by atoms with Crippen LogP contribution in [0.5, 0.6) is 17.2 Å². The average Bonchev–Trinajstić information content (AvgIpc) is 2.58. The molecule has 5 nitrogen and oxygen atoms in total. The number of methoxy groups -OCH3 is 3. The molecule has 0 aliphatic heterocycles. The zero-order chi connectivity index (χ0) is 16.8. The van der Waals surface area contributed by atoms with Crippen molar-refractivity contribution in [1.29, 1.82) is 0 Å². The molecule has 0 aliphatic carbocycles. The molecule has 0 aliphatic rings. The van der Waals surface area contributed by atoms with Crippen LogP contribution in [0.3, 0.4) is 0 Å². The molecule has 23 heavy (non-hydrogen) atoms. The molecule has 0 bridgehead atoms. The minimum atomic E-state index is -0.265. The van der Waals surface area contributed by atoms with Gasteiger partial charge in [-0.05, 0) is 18.2 Å². The molecule has 0 spiro atoms. The molecule has 0 aromatic heterocycles. The van der Waals surface area contributed by atoms with Crippen LogP contribution >= 0.6 is 11.6 Å². The second-order valence-corrected chi connectivity index (χ2v) is 5.10. The van der Waals surface area contributed by atoms with Crippen molar-refractivity contribution in [3.63, 3.8) is 0 Å². The number of hydrogen-bond acceptors (Lipinski definition) is 4. The number of carbonyl (C=O) groups excluding carboxylic acids is 1. The molecule has 122 valence electrons. The highest BCUT2D eigenvalue weighted by molar-refractivity contribution is 6.32. The van der Waals surface area contributed by atoms with E-state index in [2.05, 4.69) is 5.32 Å². The second kappa shape index (κ2) is 7.74. The Balaban J connectivity index is 2.16. The Morgan fingerprint density at radius 1 is 1.04 bits per heavy atom. The third kappa shape index (κ3) is 3.87. The van der Waals surface area contributed by atoms with Crippen LogP contribution < -0.4 is 19.5 Å². The van der Waals surface area contributed by atoms with Gasteiger partial charge in [0.1, 0.15) is 5.75 Å². The van der Waals surface area contributed by atoms with Crippen LogP contribution in [-0.4, -0.2) is 27.2 Å². The van der Waals surface area contributed by atoms with Gasteiger partial charge in [-0.1, -0.05) is 29.8 Å². The lowest BCUT2D eigenvalue weighted by Crippen LogP contribution is -2.23. The van der Waals surface area contributed by atoms with Crippen molar-refractivity contribution in [2.75, 3.05) is 21.3 Å². The van der Waals surface area contributed by atoms with Gasteiger partial charge in [-0.3, -0.25) is 4.79 Å². The maximum atomic E-state index is 12.3. The normalized spacial score (nSPS) is 10.1. The Morgan fingerprint density at radius 2 is 1.74 bits per heavy atom. The topological polar surface area (TPSA) is 56.8 Å². The van der Waals surface area contributed by atoms with Crippen LogP contribution in [0.15, 0.2) is 36.4 Å². The Labute approximate surface area is 140 Å². The third-order valence-electron chi connectivity index (χ3n) is 3.33. The van der Waals surface area contributed by atoms with E-state index in [1.54, 1.807) is 19.2 Å². The lowest BCUT2D eigenvalue weighted by molar-refractivity contribution is 0.0950. The Bertz CT molecular complexity index is 703. The van der Waals surface area contributed by atoms with Crippen molar-refractivity contribution in [1.82, 2.24) is 5.32 Å². The molecular weight excluding hydrogens is 318 g/mol. The summed E-state index contributed by atoms with van der Waals surface area (Å²) in [6, 6.07) is 10.6. The van der Waals surface area contributed by atoms with Gasteiger partial charge < -0.3 is 19.5 Å². The molecule has 1 N–H and O–H groups in total. The SMILES string of the molecule is COc1ccccc1CNC(=O)c1cc(Cl)c(OC)c(OC)c1. The first-order valence-electron chi connectivity index (χ1n) is 6.92. The highest BCUT2D eigenvalue weighted by Crippen LogP contribution is 2.36. The minimum absolute atomic E-state index is 0.265. The quantitative estimate of drug-likeness (QED) is 0.880. The number of ether oxygens (including phenoxy) is 3. The van der Waals surface area contributed by atoms with E-state index in [9.17, 15) is 4.79 Å². The van der Waals surface area contributed by atoms with Crippen LogP contribution in [-0.2, 0) is 6.54 Å². The van der Waals surface area contributed by atoms with Gasteiger partial charge in [-0.25, -0.2) is 0 Å². The van der Waals surface area contributed by atoms with Crippen LogP contribution in [0.1, 0.15) is 15.9 Å². The highest BCUT2D eigenvalue weighted by atomic mass is 35.5. The summed E-state index contributed by atoms with van der Waals surface area (Å²) in [5.41, 5.74) is 1.28. The van der Waals surface area contributed by atoms with Crippen molar-refractivity contribution < 1.29 is 19.0 Å². The molecule has 2 rings (SSSR count). The van der Waals surface area contributed by atoms with Crippen molar-refractivity contribution in [2.45, 2.75) is 6.54 Å². The van der Waals surface area contributed by atoms with E-state index in [1.165, 1.54) is 14.2 Å². The van der Waals surface area contributed by atoms with Crippen LogP contribution in [0.4, 0.5) is 0 Å². The van der Waals surface area contributed by atoms with Gasteiger partial charge in [-0.2, -0.15) is 0 Å². The number of hydrogen-bond donors (Lipinski definition) is 1. The summed E-state index contributed by atoms with van der Waals surface area (Å²) >= 11 is 6.12. The summed E-state index contributed by atoms with van der Waals surface area (Å²) in [6.07, 6.45) is 0. The Hall–Kier alpha value is -2.40. The van der Waals surface area contributed by atoms with E-state index < -0.39 is 0 Å². The Morgan fingerprint density at radius 3 is 2.39 bits per heavy atom. The summed E-state index contributed by atoms with van der Waals surface area (Å²) in [7, 11) is 4.57. The Kier molecular flexibility index (Phi) is 5.71. The number of carbonyl (C=O) groups is 1. The molecule has 0 atom stereocenters. The van der Waals surface area contributed by atoms with Gasteiger partial charge >= 0.3 is 0 Å². The van der Waals surface area contributed by atoms with E-state index >= 15 is 0 Å². The van der Waals surface area contributed by atoms with Crippen molar-refractivity contribution in [2.24, 2.45) is 0 Å². The van der Waals surface area contributed by atoms with Gasteiger partial charge in [0.05, 0.1) is 26.4 Å². The standard InChI is InChI=1S/C17H18ClNO4/c1-21-14-7-5-4-6-11(14)10-19-17(20)12-8-13(18)16(23-3)15(9-12)22-2/h4-9H,10H2,1-3H3,(H,19,20). The predicted octanol–water partition coefficient (Wildman–Crippen LogP) is 3.30. The second-order valence-electron chi connectivity index (χ2n) is 4.69. The molecule has 0 heterocycles. The smallest absolute Gasteiger partial charge is 0.251 e. The summed E-state index contributed by atoms with van der Waals surface area (Å²) in [5.74, 6) is 1.26. The maximum absolute atomic E-state index is 12.3. The number of rotatable bonds is 6. The van der Waals surface area contributed by atoms with Gasteiger partial charge in [0.15, 0.2) is 11.5 Å². The van der Waals surface area contributed by atoms with E-state index in [-0.39, 0.29) is 5.91 Å². The molecular formula is C17H18ClNO4. The summed E-state index contributed by atoms with van der Waals surface area (Å²) < 4.78 is 15.6. The molecule has 2 aromatic rings. The number of benzene rings is 2. The monoisotopic (exact) mass is 335 g/mol. The summed E-state index contributed by atoms with van der Waals surface area (Å²) in [5, 5.41) is 3.15. The van der Waals surface area contributed by atoms with E-state index in [1.807, 2.05) is 24.3 Å². The maximum Gasteiger partial charge on any atom is 0.251 e. The van der Waals surface area contributed by atoms with Crippen LogP contribution in [0.2, 0.25) is 5.02 Å². The minimum Gasteiger partial charge on any atom is -0.496 e. The number of amides is 1. The molecule has 1 amide bonds. The summed E-state index contributed by atoms with van der Waals surface area (Å²) in [4.78, 5) is 12.3. The first kappa shape index (κ1) is 17.0. The lowest BCUT2D eigenvalue weighted by atomic mass is 10.1. The zero-order valence-corrected chi connectivity index (χ0v) is 13.9. The molecule has 0 saturated carbocycles. The molecule has 0 unspecified atom stereocenters. The number of nitrogens with one attached hydrogen (secondary N) is 1. The fraction of sp³-hybridized carbons (Fsp3) is 0.235. The average molecular weight is 336 g/mol. The first-order valence-corrected chi connectivity index (χ1v) is 7.30. The molecule has 2 aromatic carbocycles. The highest BCUT2D eigenvalue weighted by Gasteiger charge is 2.15. The van der Waals surface area contributed by atoms with Crippen molar-refractivity contribution in [3.05, 3.63) is 52.5 Å². The van der Waals surface area contributed by atoms with Crippen molar-refractivity contribution in [3.8, 4) is 17.2 Å². The van der Waals surface area contributed by atoms with E-state index in [0.29, 0.717) is 28.6 Å². The molecule has 0 saturated heterocycles. The third-order valence-corrected chi connectivity index (χ3v) is 3.61. The fourth-order valence-electron chi connectivity index (χ4n) is 2.18. The van der Waals surface area contributed by atoms with Gasteiger partial charge in [-0.15, -0.1) is 0 Å². The first-order chi connectivity index (χ1) is 11.1. The largest absolute Gasteiger partial charge is 0.496 e. The molecule has 0 radical (unpaired) electrons. The van der Waals surface area contributed by atoms with Crippen LogP contribution in [0, 0.1) is 0 Å². The molecule has 0 fully saturated rings. The fourth-order valence-corrected chi connectivity index (χ4v) is 2.46. The van der Waals surface area contributed by atoms with E-state index in [0.717, 1.165) is 11.3 Å². The van der Waals surface area contributed by atoms with Crippen molar-refractivity contribution >= 4 is 17.5 Å². The predicted molar refractivity (Wildman–Crippen MR) is 88.7 cm³/mol. The van der Waals surface area contributed by atoms with Gasteiger partial charge in [0.25, 0.3) is 5.91 Å². The van der Waals surface area contributed by atoms with Gasteiger partial charge in [0.2, 0.25) is 0 Å². The summed E-state index contributed by atoms with van der Waals surface area (Å²) in [6.45, 7) is 0.342. The lowest BCUT2D eigenvalue weighted by Gasteiger charge is -2.13. The number of para-hydroxylation sites is 1.